The number of nitrogens with two attached hydrogens (primary N) is 1. The molecule has 0 aliphatic rings. The van der Waals surface area contributed by atoms with Crippen LogP contribution in [0, 0.1) is 0 Å². The van der Waals surface area contributed by atoms with Crippen LogP contribution in [0.2, 0.25) is 0 Å². The first kappa shape index (κ1) is 13.1. The van der Waals surface area contributed by atoms with Gasteiger partial charge < -0.3 is 10.6 Å². The normalized spacial score (nSPS) is 10.7. The number of aryl methyl sites for hydroxylation is 2. The Morgan fingerprint density at radius 2 is 2.26 bits per heavy atom. The Morgan fingerprint density at radius 3 is 2.79 bits per heavy atom. The van der Waals surface area contributed by atoms with Gasteiger partial charge in [-0.1, -0.05) is 0 Å². The maximum absolute atomic E-state index is 12.2. The molecule has 2 heterocycles. The van der Waals surface area contributed by atoms with E-state index in [1.807, 2.05) is 17.8 Å². The Kier molecular flexibility index (Phi) is 3.55. The van der Waals surface area contributed by atoms with Crippen molar-refractivity contribution < 1.29 is 4.79 Å². The zero-order chi connectivity index (χ0) is 14.0. The second-order valence-electron chi connectivity index (χ2n) is 4.44. The van der Waals surface area contributed by atoms with Crippen LogP contribution in [0.15, 0.2) is 18.5 Å². The van der Waals surface area contributed by atoms with Crippen LogP contribution in [0.5, 0.6) is 0 Å². The summed E-state index contributed by atoms with van der Waals surface area (Å²) in [6.07, 6.45) is 3.70. The molecule has 0 saturated carbocycles. The zero-order valence-corrected chi connectivity index (χ0v) is 11.4. The van der Waals surface area contributed by atoms with E-state index in [0.717, 1.165) is 12.1 Å². The number of carbonyl (C=O) groups excluding carboxylic acids is 1. The lowest BCUT2D eigenvalue weighted by Gasteiger charge is -2.15. The molecule has 0 saturated heterocycles. The molecule has 0 bridgehead atoms. The summed E-state index contributed by atoms with van der Waals surface area (Å²) in [7, 11) is 3.45. The summed E-state index contributed by atoms with van der Waals surface area (Å²) in [5, 5.41) is 8.15. The highest BCUT2D eigenvalue weighted by molar-refractivity contribution is 5.93. The van der Waals surface area contributed by atoms with Gasteiger partial charge in [-0.15, -0.1) is 0 Å². The number of nitrogens with zero attached hydrogens (tertiary/aromatic N) is 5. The molecule has 1 amide bonds. The van der Waals surface area contributed by atoms with Gasteiger partial charge in [0.1, 0.15) is 11.5 Å². The van der Waals surface area contributed by atoms with Gasteiger partial charge >= 0.3 is 0 Å². The summed E-state index contributed by atoms with van der Waals surface area (Å²) >= 11 is 0. The number of rotatable bonds is 4. The number of hydrogen-bond donors (Lipinski definition) is 1. The summed E-state index contributed by atoms with van der Waals surface area (Å²) in [5.41, 5.74) is 7.04. The predicted octanol–water partition coefficient (Wildman–Crippen LogP) is 0.491. The van der Waals surface area contributed by atoms with Crippen LogP contribution < -0.4 is 5.73 Å². The molecular weight excluding hydrogens is 244 g/mol. The van der Waals surface area contributed by atoms with Gasteiger partial charge in [0.05, 0.1) is 6.20 Å². The van der Waals surface area contributed by atoms with Crippen LogP contribution >= 0.6 is 0 Å². The number of amides is 1. The lowest BCUT2D eigenvalue weighted by Crippen LogP contribution is -2.27. The van der Waals surface area contributed by atoms with Crippen molar-refractivity contribution in [2.24, 2.45) is 7.05 Å². The van der Waals surface area contributed by atoms with E-state index >= 15 is 0 Å². The monoisotopic (exact) mass is 262 g/mol. The van der Waals surface area contributed by atoms with Crippen LogP contribution in [-0.2, 0) is 20.1 Å². The molecule has 2 aromatic rings. The van der Waals surface area contributed by atoms with Crippen LogP contribution in [0.1, 0.15) is 23.0 Å². The molecule has 0 spiro atoms. The van der Waals surface area contributed by atoms with Crippen molar-refractivity contribution in [2.75, 3.05) is 12.8 Å². The van der Waals surface area contributed by atoms with Crippen LogP contribution in [0.3, 0.4) is 0 Å². The van der Waals surface area contributed by atoms with Crippen molar-refractivity contribution in [2.45, 2.75) is 20.0 Å². The SMILES string of the molecule is CCn1cc(CN(C)C(=O)c2cc(N)nn2C)cn1. The molecule has 2 rings (SSSR count). The molecule has 102 valence electrons. The third kappa shape index (κ3) is 2.75. The smallest absolute Gasteiger partial charge is 0.272 e. The molecule has 7 heteroatoms. The lowest BCUT2D eigenvalue weighted by molar-refractivity contribution is 0.0774. The molecule has 2 N–H and O–H groups in total. The van der Waals surface area contributed by atoms with E-state index in [9.17, 15) is 4.79 Å². The Balaban J connectivity index is 2.09. The van der Waals surface area contributed by atoms with Crippen molar-refractivity contribution in [3.63, 3.8) is 0 Å². The van der Waals surface area contributed by atoms with Gasteiger partial charge in [0, 0.05) is 45.0 Å². The van der Waals surface area contributed by atoms with E-state index in [-0.39, 0.29) is 5.91 Å². The minimum Gasteiger partial charge on any atom is -0.382 e. The average Bonchev–Trinajstić information content (AvgIpc) is 2.94. The van der Waals surface area contributed by atoms with Gasteiger partial charge in [0.25, 0.3) is 5.91 Å². The highest BCUT2D eigenvalue weighted by atomic mass is 16.2. The van der Waals surface area contributed by atoms with E-state index < -0.39 is 0 Å². The molecule has 0 radical (unpaired) electrons. The van der Waals surface area contributed by atoms with Crippen molar-refractivity contribution in [3.8, 4) is 0 Å². The Morgan fingerprint density at radius 1 is 1.53 bits per heavy atom. The van der Waals surface area contributed by atoms with Crippen molar-refractivity contribution in [3.05, 3.63) is 29.7 Å². The minimum atomic E-state index is -0.115. The fourth-order valence-corrected chi connectivity index (χ4v) is 1.89. The first-order valence-corrected chi connectivity index (χ1v) is 6.07. The number of anilines is 1. The highest BCUT2D eigenvalue weighted by Crippen LogP contribution is 2.10. The third-order valence-electron chi connectivity index (χ3n) is 2.89. The summed E-state index contributed by atoms with van der Waals surface area (Å²) in [6.45, 7) is 3.34. The highest BCUT2D eigenvalue weighted by Gasteiger charge is 2.17. The van der Waals surface area contributed by atoms with Crippen molar-refractivity contribution >= 4 is 11.7 Å². The fraction of sp³-hybridized carbons (Fsp3) is 0.417. The van der Waals surface area contributed by atoms with Gasteiger partial charge in [0.2, 0.25) is 0 Å². The molecule has 2 aromatic heterocycles. The quantitative estimate of drug-likeness (QED) is 0.869. The summed E-state index contributed by atoms with van der Waals surface area (Å²) < 4.78 is 3.32. The minimum absolute atomic E-state index is 0.115. The van der Waals surface area contributed by atoms with Crippen molar-refractivity contribution in [1.29, 1.82) is 0 Å². The standard InChI is InChI=1S/C12H18N6O/c1-4-18-8-9(6-14-18)7-16(2)12(19)10-5-11(13)15-17(10)3/h5-6,8H,4,7H2,1-3H3,(H2,13,15). The average molecular weight is 262 g/mol. The Bertz CT molecular complexity index is 585. The molecule has 7 nitrogen and oxygen atoms in total. The van der Waals surface area contributed by atoms with Gasteiger partial charge in [-0.2, -0.15) is 10.2 Å². The van der Waals surface area contributed by atoms with E-state index in [2.05, 4.69) is 10.2 Å². The van der Waals surface area contributed by atoms with Gasteiger partial charge in [0.15, 0.2) is 0 Å². The molecule has 0 unspecified atom stereocenters. The number of carbonyl (C=O) groups is 1. The van der Waals surface area contributed by atoms with Crippen LogP contribution in [0.25, 0.3) is 0 Å². The zero-order valence-electron chi connectivity index (χ0n) is 11.4. The maximum Gasteiger partial charge on any atom is 0.272 e. The van der Waals surface area contributed by atoms with Crippen LogP contribution in [-0.4, -0.2) is 37.4 Å². The van der Waals surface area contributed by atoms with Gasteiger partial charge in [-0.05, 0) is 6.92 Å². The van der Waals surface area contributed by atoms with E-state index in [1.54, 1.807) is 31.3 Å². The largest absolute Gasteiger partial charge is 0.382 e. The molecule has 0 aliphatic carbocycles. The van der Waals surface area contributed by atoms with Gasteiger partial charge in [-0.25, -0.2) is 0 Å². The molecular formula is C12H18N6O. The second kappa shape index (κ2) is 5.13. The molecule has 0 aliphatic heterocycles. The van der Waals surface area contributed by atoms with Gasteiger partial charge in [-0.3, -0.25) is 14.2 Å². The van der Waals surface area contributed by atoms with E-state index in [1.165, 1.54) is 4.68 Å². The van der Waals surface area contributed by atoms with E-state index in [0.29, 0.717) is 18.1 Å². The number of hydrogen-bond acceptors (Lipinski definition) is 4. The Labute approximate surface area is 111 Å². The fourth-order valence-electron chi connectivity index (χ4n) is 1.89. The first-order chi connectivity index (χ1) is 9.01. The summed E-state index contributed by atoms with van der Waals surface area (Å²) in [6, 6.07) is 1.58. The predicted molar refractivity (Wildman–Crippen MR) is 71.3 cm³/mol. The van der Waals surface area contributed by atoms with Crippen LogP contribution in [0.4, 0.5) is 5.82 Å². The second-order valence-corrected chi connectivity index (χ2v) is 4.44. The number of nitrogen functional groups attached to an aromatic ring is 1. The third-order valence-corrected chi connectivity index (χ3v) is 2.89. The molecule has 0 atom stereocenters. The first-order valence-electron chi connectivity index (χ1n) is 6.07. The summed E-state index contributed by atoms with van der Waals surface area (Å²) in [4.78, 5) is 13.9. The Hall–Kier alpha value is -2.31. The molecule has 19 heavy (non-hydrogen) atoms. The maximum atomic E-state index is 12.2. The topological polar surface area (TPSA) is 82.0 Å². The molecule has 0 fully saturated rings. The lowest BCUT2D eigenvalue weighted by atomic mass is 10.3. The van der Waals surface area contributed by atoms with E-state index in [4.69, 9.17) is 5.73 Å². The number of aromatic nitrogens is 4. The van der Waals surface area contributed by atoms with Crippen molar-refractivity contribution in [1.82, 2.24) is 24.5 Å². The molecule has 0 aromatic carbocycles. The summed E-state index contributed by atoms with van der Waals surface area (Å²) in [5.74, 6) is 0.231.